The smallest absolute Gasteiger partial charge is 0.122 e. The number of benzene rings is 1. The largest absolute Gasteiger partial charge is 0.496 e. The summed E-state index contributed by atoms with van der Waals surface area (Å²) in [6.07, 6.45) is 1.26. The van der Waals surface area contributed by atoms with Crippen LogP contribution in [-0.4, -0.2) is 24.9 Å². The minimum Gasteiger partial charge on any atom is -0.496 e. The van der Waals surface area contributed by atoms with Gasteiger partial charge in [0.1, 0.15) is 5.75 Å². The highest BCUT2D eigenvalue weighted by atomic mass is 16.5. The molecule has 0 unspecified atom stereocenters. The van der Waals surface area contributed by atoms with Gasteiger partial charge >= 0.3 is 0 Å². The van der Waals surface area contributed by atoms with Crippen LogP contribution in [-0.2, 0) is 5.41 Å². The Morgan fingerprint density at radius 1 is 1.50 bits per heavy atom. The fraction of sp³-hybridized carbons (Fsp3) is 0.538. The Bertz CT molecular complexity index is 384. The molecular weight excluding hydrogens is 202 g/mol. The third kappa shape index (κ3) is 1.70. The van der Waals surface area contributed by atoms with Crippen LogP contribution in [0.15, 0.2) is 18.2 Å². The van der Waals surface area contributed by atoms with Gasteiger partial charge in [-0.05, 0) is 31.4 Å². The highest BCUT2D eigenvalue weighted by Crippen LogP contribution is 2.46. The Morgan fingerprint density at radius 2 is 2.19 bits per heavy atom. The van der Waals surface area contributed by atoms with E-state index < -0.39 is 0 Å². The van der Waals surface area contributed by atoms with E-state index in [1.807, 2.05) is 13.0 Å². The second-order valence-corrected chi connectivity index (χ2v) is 4.75. The standard InChI is InChI=1S/C13H19NO2/c1-9-3-4-11(12(5-9)16-2)13(8-14)6-10(15)7-13/h3-5,10,15H,6-8,14H2,1-2H3. The second-order valence-electron chi connectivity index (χ2n) is 4.75. The first-order chi connectivity index (χ1) is 7.61. The van der Waals surface area contributed by atoms with E-state index in [1.165, 1.54) is 5.56 Å². The first-order valence-corrected chi connectivity index (χ1v) is 5.64. The summed E-state index contributed by atoms with van der Waals surface area (Å²) in [5.41, 5.74) is 8.08. The van der Waals surface area contributed by atoms with E-state index in [2.05, 4.69) is 12.1 Å². The molecule has 0 atom stereocenters. The first-order valence-electron chi connectivity index (χ1n) is 5.64. The number of hydrogen-bond acceptors (Lipinski definition) is 3. The Balaban J connectivity index is 2.39. The highest BCUT2D eigenvalue weighted by molar-refractivity contribution is 5.44. The molecule has 0 heterocycles. The van der Waals surface area contributed by atoms with Crippen LogP contribution in [0.2, 0.25) is 0 Å². The monoisotopic (exact) mass is 221 g/mol. The lowest BCUT2D eigenvalue weighted by Crippen LogP contribution is -2.49. The molecule has 0 saturated heterocycles. The van der Waals surface area contributed by atoms with Crippen molar-refractivity contribution in [3.63, 3.8) is 0 Å². The van der Waals surface area contributed by atoms with Gasteiger partial charge in [0.05, 0.1) is 13.2 Å². The lowest BCUT2D eigenvalue weighted by molar-refractivity contribution is 0.0211. The number of aryl methyl sites for hydroxylation is 1. The average molecular weight is 221 g/mol. The fourth-order valence-corrected chi connectivity index (χ4v) is 2.58. The lowest BCUT2D eigenvalue weighted by Gasteiger charge is -2.45. The molecule has 0 aromatic heterocycles. The van der Waals surface area contributed by atoms with Gasteiger partial charge in [-0.3, -0.25) is 0 Å². The van der Waals surface area contributed by atoms with Crippen LogP contribution in [0.4, 0.5) is 0 Å². The van der Waals surface area contributed by atoms with E-state index in [1.54, 1.807) is 7.11 Å². The Labute approximate surface area is 96.2 Å². The Kier molecular flexibility index (Phi) is 2.91. The van der Waals surface area contributed by atoms with Gasteiger partial charge in [-0.25, -0.2) is 0 Å². The van der Waals surface area contributed by atoms with E-state index in [-0.39, 0.29) is 11.5 Å². The summed E-state index contributed by atoms with van der Waals surface area (Å²) in [7, 11) is 1.68. The van der Waals surface area contributed by atoms with Crippen LogP contribution in [0.3, 0.4) is 0 Å². The van der Waals surface area contributed by atoms with E-state index in [4.69, 9.17) is 10.5 Å². The molecule has 2 rings (SSSR count). The average Bonchev–Trinajstić information content (AvgIpc) is 2.24. The van der Waals surface area contributed by atoms with Crippen LogP contribution in [0, 0.1) is 6.92 Å². The molecule has 1 aliphatic carbocycles. The maximum Gasteiger partial charge on any atom is 0.122 e. The normalized spacial score (nSPS) is 28.6. The summed E-state index contributed by atoms with van der Waals surface area (Å²) < 4.78 is 5.41. The quantitative estimate of drug-likeness (QED) is 0.810. The Morgan fingerprint density at radius 3 is 2.69 bits per heavy atom. The third-order valence-corrected chi connectivity index (χ3v) is 3.57. The SMILES string of the molecule is COc1cc(C)ccc1C1(CN)CC(O)C1. The zero-order valence-corrected chi connectivity index (χ0v) is 9.86. The van der Waals surface area contributed by atoms with E-state index in [0.717, 1.165) is 24.2 Å². The van der Waals surface area contributed by atoms with Crippen molar-refractivity contribution in [2.75, 3.05) is 13.7 Å². The second kappa shape index (κ2) is 4.07. The maximum absolute atomic E-state index is 9.50. The van der Waals surface area contributed by atoms with Crippen LogP contribution in [0.5, 0.6) is 5.75 Å². The maximum atomic E-state index is 9.50. The summed E-state index contributed by atoms with van der Waals surface area (Å²) in [4.78, 5) is 0. The molecule has 0 bridgehead atoms. The van der Waals surface area contributed by atoms with E-state index in [9.17, 15) is 5.11 Å². The number of methoxy groups -OCH3 is 1. The predicted octanol–water partition coefficient (Wildman–Crippen LogP) is 1.35. The van der Waals surface area contributed by atoms with Gasteiger partial charge in [-0.2, -0.15) is 0 Å². The molecule has 0 radical (unpaired) electrons. The molecular formula is C13H19NO2. The zero-order valence-electron chi connectivity index (χ0n) is 9.86. The van der Waals surface area contributed by atoms with Gasteiger partial charge < -0.3 is 15.6 Å². The molecule has 1 aromatic carbocycles. The summed E-state index contributed by atoms with van der Waals surface area (Å²) in [5, 5.41) is 9.50. The molecule has 0 amide bonds. The fourth-order valence-electron chi connectivity index (χ4n) is 2.58. The number of hydrogen-bond donors (Lipinski definition) is 2. The molecule has 3 nitrogen and oxygen atoms in total. The molecule has 0 spiro atoms. The molecule has 1 aromatic rings. The molecule has 1 aliphatic rings. The number of aliphatic hydroxyl groups is 1. The summed E-state index contributed by atoms with van der Waals surface area (Å²) >= 11 is 0. The highest BCUT2D eigenvalue weighted by Gasteiger charge is 2.45. The van der Waals surface area contributed by atoms with Gasteiger partial charge in [-0.15, -0.1) is 0 Å². The number of rotatable bonds is 3. The van der Waals surface area contributed by atoms with Crippen molar-refractivity contribution in [2.45, 2.75) is 31.3 Å². The van der Waals surface area contributed by atoms with Crippen LogP contribution in [0.25, 0.3) is 0 Å². The number of nitrogens with two attached hydrogens (primary N) is 1. The summed E-state index contributed by atoms with van der Waals surface area (Å²) in [6.45, 7) is 2.60. The van der Waals surface area contributed by atoms with Crippen molar-refractivity contribution in [3.05, 3.63) is 29.3 Å². The van der Waals surface area contributed by atoms with Gasteiger partial charge in [-0.1, -0.05) is 12.1 Å². The number of ether oxygens (including phenoxy) is 1. The van der Waals surface area contributed by atoms with Crippen LogP contribution < -0.4 is 10.5 Å². The number of aliphatic hydroxyl groups excluding tert-OH is 1. The minimum absolute atomic E-state index is 0.0849. The van der Waals surface area contributed by atoms with Crippen molar-refractivity contribution >= 4 is 0 Å². The summed E-state index contributed by atoms with van der Waals surface area (Å²) in [6, 6.07) is 6.17. The first kappa shape index (κ1) is 11.4. The predicted molar refractivity (Wildman–Crippen MR) is 63.7 cm³/mol. The van der Waals surface area contributed by atoms with Crippen molar-refractivity contribution in [2.24, 2.45) is 5.73 Å². The lowest BCUT2D eigenvalue weighted by atomic mass is 9.62. The van der Waals surface area contributed by atoms with Crippen molar-refractivity contribution in [3.8, 4) is 5.75 Å². The van der Waals surface area contributed by atoms with Gasteiger partial charge in [0, 0.05) is 17.5 Å². The molecule has 3 heteroatoms. The summed E-state index contributed by atoms with van der Waals surface area (Å²) in [5.74, 6) is 0.886. The molecule has 3 N–H and O–H groups in total. The molecule has 1 saturated carbocycles. The zero-order chi connectivity index (χ0) is 11.8. The topological polar surface area (TPSA) is 55.5 Å². The van der Waals surface area contributed by atoms with Crippen molar-refractivity contribution < 1.29 is 9.84 Å². The third-order valence-electron chi connectivity index (χ3n) is 3.57. The van der Waals surface area contributed by atoms with E-state index in [0.29, 0.717) is 6.54 Å². The van der Waals surface area contributed by atoms with Gasteiger partial charge in [0.15, 0.2) is 0 Å². The van der Waals surface area contributed by atoms with Crippen LogP contribution >= 0.6 is 0 Å². The minimum atomic E-state index is -0.213. The Hall–Kier alpha value is -1.06. The molecule has 1 fully saturated rings. The molecule has 88 valence electrons. The molecule has 16 heavy (non-hydrogen) atoms. The van der Waals surface area contributed by atoms with Gasteiger partial charge in [0.2, 0.25) is 0 Å². The van der Waals surface area contributed by atoms with Crippen LogP contribution in [0.1, 0.15) is 24.0 Å². The van der Waals surface area contributed by atoms with E-state index >= 15 is 0 Å². The van der Waals surface area contributed by atoms with Gasteiger partial charge in [0.25, 0.3) is 0 Å². The molecule has 0 aliphatic heterocycles. The van der Waals surface area contributed by atoms with Crippen molar-refractivity contribution in [1.29, 1.82) is 0 Å². The van der Waals surface area contributed by atoms with Crippen molar-refractivity contribution in [1.82, 2.24) is 0 Å².